The van der Waals surface area contributed by atoms with E-state index in [1.807, 2.05) is 0 Å². The van der Waals surface area contributed by atoms with Gasteiger partial charge in [0.2, 0.25) is 0 Å². The number of hydrogen-bond acceptors (Lipinski definition) is 4. The number of nitrogens with one attached hydrogen (secondary N) is 1. The molecule has 0 radical (unpaired) electrons. The second-order valence-electron chi connectivity index (χ2n) is 2.63. The van der Waals surface area contributed by atoms with E-state index < -0.39 is 0 Å². The Morgan fingerprint density at radius 2 is 1.92 bits per heavy atom. The molecule has 0 aliphatic carbocycles. The molecule has 0 atom stereocenters. The van der Waals surface area contributed by atoms with Crippen molar-refractivity contribution in [3.8, 4) is 0 Å². The third-order valence-corrected chi connectivity index (χ3v) is 1.66. The Morgan fingerprint density at radius 3 is 2.38 bits per heavy atom. The lowest BCUT2D eigenvalue weighted by Gasteiger charge is -2.26. The van der Waals surface area contributed by atoms with Crippen molar-refractivity contribution in [2.24, 2.45) is 0 Å². The van der Waals surface area contributed by atoms with Crippen LogP contribution >= 0.6 is 24.8 Å². The van der Waals surface area contributed by atoms with E-state index in [1.54, 1.807) is 0 Å². The smallest absolute Gasteiger partial charge is 0.303 e. The summed E-state index contributed by atoms with van der Waals surface area (Å²) in [6, 6.07) is 0. The zero-order valence-electron chi connectivity index (χ0n) is 7.62. The highest BCUT2D eigenvalue weighted by Crippen LogP contribution is 1.91. The Bertz CT molecular complexity index is 140. The molecular weight excluding hydrogens is 215 g/mol. The van der Waals surface area contributed by atoms with E-state index in [-0.39, 0.29) is 30.8 Å². The van der Waals surface area contributed by atoms with E-state index >= 15 is 0 Å². The average Bonchev–Trinajstić information content (AvgIpc) is 2.03. The lowest BCUT2D eigenvalue weighted by molar-refractivity contribution is -0.146. The maximum Gasteiger partial charge on any atom is 0.303 e. The van der Waals surface area contributed by atoms with E-state index in [4.69, 9.17) is 4.74 Å². The van der Waals surface area contributed by atoms with E-state index in [0.717, 1.165) is 26.2 Å². The number of carbonyl (C=O) groups is 1. The molecule has 1 aliphatic rings. The highest BCUT2D eigenvalue weighted by molar-refractivity contribution is 5.85. The van der Waals surface area contributed by atoms with E-state index in [9.17, 15) is 4.79 Å². The highest BCUT2D eigenvalue weighted by atomic mass is 35.5. The van der Waals surface area contributed by atoms with Crippen LogP contribution < -0.4 is 5.32 Å². The standard InChI is InChI=1S/C7H14N2O2.2ClH/c1-7(10)11-6-9-4-2-8-3-5-9;;/h8H,2-6H2,1H3;2*1H. The zero-order valence-corrected chi connectivity index (χ0v) is 9.25. The van der Waals surface area contributed by atoms with Crippen molar-refractivity contribution in [1.82, 2.24) is 10.2 Å². The molecule has 1 heterocycles. The van der Waals surface area contributed by atoms with E-state index in [1.165, 1.54) is 6.92 Å². The van der Waals surface area contributed by atoms with Crippen LogP contribution in [-0.2, 0) is 9.53 Å². The van der Waals surface area contributed by atoms with Crippen molar-refractivity contribution in [2.75, 3.05) is 32.9 Å². The zero-order chi connectivity index (χ0) is 8.10. The summed E-state index contributed by atoms with van der Waals surface area (Å²) in [4.78, 5) is 12.5. The summed E-state index contributed by atoms with van der Waals surface area (Å²) < 4.78 is 4.84. The Labute approximate surface area is 90.8 Å². The number of hydrogen-bond donors (Lipinski definition) is 1. The molecule has 1 aliphatic heterocycles. The first-order chi connectivity index (χ1) is 5.29. The minimum atomic E-state index is -0.205. The lowest BCUT2D eigenvalue weighted by atomic mass is 10.4. The molecule has 0 aromatic carbocycles. The monoisotopic (exact) mass is 230 g/mol. The van der Waals surface area contributed by atoms with Crippen LogP contribution in [0.15, 0.2) is 0 Å². The van der Waals surface area contributed by atoms with Gasteiger partial charge in [-0.2, -0.15) is 0 Å². The summed E-state index contributed by atoms with van der Waals surface area (Å²) in [5, 5.41) is 3.22. The molecule has 0 amide bonds. The van der Waals surface area contributed by atoms with Crippen LogP contribution in [0.2, 0.25) is 0 Å². The van der Waals surface area contributed by atoms with E-state index in [2.05, 4.69) is 10.2 Å². The van der Waals surface area contributed by atoms with Crippen molar-refractivity contribution in [3.63, 3.8) is 0 Å². The minimum Gasteiger partial charge on any atom is -0.450 e. The second kappa shape index (κ2) is 8.56. The van der Waals surface area contributed by atoms with Crippen molar-refractivity contribution >= 4 is 30.8 Å². The molecule has 6 heteroatoms. The largest absolute Gasteiger partial charge is 0.450 e. The summed E-state index contributed by atoms with van der Waals surface area (Å²) in [5.41, 5.74) is 0. The molecule has 1 fully saturated rings. The SMILES string of the molecule is CC(=O)OCN1CCNCC1.Cl.Cl. The topological polar surface area (TPSA) is 41.6 Å². The summed E-state index contributed by atoms with van der Waals surface area (Å²) in [6.45, 7) is 5.78. The number of rotatable bonds is 2. The third-order valence-electron chi connectivity index (χ3n) is 1.66. The first-order valence-electron chi connectivity index (χ1n) is 3.85. The van der Waals surface area contributed by atoms with Gasteiger partial charge in [-0.05, 0) is 0 Å². The first-order valence-corrected chi connectivity index (χ1v) is 3.85. The molecule has 0 saturated carbocycles. The Kier molecular flexibility index (Phi) is 10.2. The van der Waals surface area contributed by atoms with Gasteiger partial charge in [0.15, 0.2) is 0 Å². The Morgan fingerprint density at radius 1 is 1.38 bits per heavy atom. The quantitative estimate of drug-likeness (QED) is 0.692. The van der Waals surface area contributed by atoms with E-state index in [0.29, 0.717) is 6.73 Å². The van der Waals surface area contributed by atoms with Gasteiger partial charge in [0, 0.05) is 33.1 Å². The maximum absolute atomic E-state index is 10.4. The summed E-state index contributed by atoms with van der Waals surface area (Å²) in [6.07, 6.45) is 0. The van der Waals surface area contributed by atoms with Crippen molar-refractivity contribution < 1.29 is 9.53 Å². The lowest BCUT2D eigenvalue weighted by Crippen LogP contribution is -2.44. The predicted octanol–water partition coefficient (Wildman–Crippen LogP) is 0.256. The normalized spacial score (nSPS) is 16.7. The molecule has 0 aromatic rings. The second-order valence-corrected chi connectivity index (χ2v) is 2.63. The fourth-order valence-corrected chi connectivity index (χ4v) is 1.02. The van der Waals surface area contributed by atoms with Gasteiger partial charge in [-0.3, -0.25) is 9.69 Å². The van der Waals surface area contributed by atoms with Gasteiger partial charge in [0.1, 0.15) is 6.73 Å². The third kappa shape index (κ3) is 7.07. The molecule has 4 nitrogen and oxygen atoms in total. The molecular formula is C7H16Cl2N2O2. The minimum absolute atomic E-state index is 0. The molecule has 13 heavy (non-hydrogen) atoms. The van der Waals surface area contributed by atoms with Gasteiger partial charge < -0.3 is 10.1 Å². The van der Waals surface area contributed by atoms with Crippen molar-refractivity contribution in [1.29, 1.82) is 0 Å². The molecule has 1 saturated heterocycles. The Hall–Kier alpha value is -0.0300. The van der Waals surface area contributed by atoms with Gasteiger partial charge in [0.05, 0.1) is 0 Å². The summed E-state index contributed by atoms with van der Waals surface area (Å²) in [5.74, 6) is -0.205. The van der Waals surface area contributed by atoms with Crippen LogP contribution in [0.3, 0.4) is 0 Å². The van der Waals surface area contributed by atoms with Crippen LogP contribution in [0.5, 0.6) is 0 Å². The Balaban J connectivity index is 0. The van der Waals surface area contributed by atoms with Crippen LogP contribution in [0.25, 0.3) is 0 Å². The van der Waals surface area contributed by atoms with Gasteiger partial charge in [-0.15, -0.1) is 24.8 Å². The molecule has 0 bridgehead atoms. The molecule has 1 N–H and O–H groups in total. The first kappa shape index (κ1) is 15.4. The molecule has 0 aromatic heterocycles. The fourth-order valence-electron chi connectivity index (χ4n) is 1.02. The molecule has 0 spiro atoms. The van der Waals surface area contributed by atoms with Crippen LogP contribution in [-0.4, -0.2) is 43.8 Å². The summed E-state index contributed by atoms with van der Waals surface area (Å²) >= 11 is 0. The molecule has 80 valence electrons. The van der Waals surface area contributed by atoms with Crippen molar-refractivity contribution in [3.05, 3.63) is 0 Å². The number of nitrogens with zero attached hydrogens (tertiary/aromatic N) is 1. The van der Waals surface area contributed by atoms with Crippen LogP contribution in [0, 0.1) is 0 Å². The number of esters is 1. The van der Waals surface area contributed by atoms with Crippen LogP contribution in [0.4, 0.5) is 0 Å². The molecule has 0 unspecified atom stereocenters. The van der Waals surface area contributed by atoms with Gasteiger partial charge in [-0.25, -0.2) is 0 Å². The maximum atomic E-state index is 10.4. The number of ether oxygens (including phenoxy) is 1. The van der Waals surface area contributed by atoms with Gasteiger partial charge in [0.25, 0.3) is 0 Å². The number of halogens is 2. The summed E-state index contributed by atoms with van der Waals surface area (Å²) in [7, 11) is 0. The number of carbonyl (C=O) groups excluding carboxylic acids is 1. The van der Waals surface area contributed by atoms with Crippen molar-refractivity contribution in [2.45, 2.75) is 6.92 Å². The fraction of sp³-hybridized carbons (Fsp3) is 0.857. The van der Waals surface area contributed by atoms with Crippen LogP contribution in [0.1, 0.15) is 6.92 Å². The number of piperazine rings is 1. The molecule has 1 rings (SSSR count). The van der Waals surface area contributed by atoms with Gasteiger partial charge in [-0.1, -0.05) is 0 Å². The highest BCUT2D eigenvalue weighted by Gasteiger charge is 2.09. The average molecular weight is 231 g/mol. The van der Waals surface area contributed by atoms with Gasteiger partial charge >= 0.3 is 5.97 Å². The predicted molar refractivity (Wildman–Crippen MR) is 55.6 cm³/mol.